The van der Waals surface area contributed by atoms with E-state index in [4.69, 9.17) is 28.5 Å². The number of carbonyl (C=O) groups is 2. The Kier molecular flexibility index (Phi) is 8.67. The number of benzene rings is 1. The molecule has 4 rings (SSSR count). The number of esters is 1. The zero-order valence-corrected chi connectivity index (χ0v) is 22.9. The van der Waals surface area contributed by atoms with Crippen LogP contribution in [0.4, 0.5) is 0 Å². The molecule has 11 heteroatoms. The van der Waals surface area contributed by atoms with Gasteiger partial charge in [-0.3, -0.25) is 4.79 Å². The van der Waals surface area contributed by atoms with Crippen LogP contribution in [0.25, 0.3) is 17.5 Å². The average molecular weight is 542 g/mol. The van der Waals surface area contributed by atoms with Crippen molar-refractivity contribution in [2.75, 3.05) is 41.0 Å². The number of rotatable bonds is 9. The monoisotopic (exact) mass is 541 g/mol. The number of nitrogens with zero attached hydrogens (tertiary/aromatic N) is 3. The summed E-state index contributed by atoms with van der Waals surface area (Å²) in [5, 5.41) is 6.65. The standard InChI is InChI=1S/C27H31N3O7S/c1-6-36-27(32)19-13-22(37-29-19)20-15-38-25(28-20)17-7-9-30(10-8-17)26(31)16(2)11-18-12-23(34-4)24(35-5)14-21(18)33-3/h11-15,17H,6-10H2,1-5H3. The van der Waals surface area contributed by atoms with Crippen molar-refractivity contribution in [3.8, 4) is 28.7 Å². The number of piperidine rings is 1. The van der Waals surface area contributed by atoms with E-state index in [0.29, 0.717) is 47.4 Å². The molecule has 0 spiro atoms. The maximum absolute atomic E-state index is 13.2. The summed E-state index contributed by atoms with van der Waals surface area (Å²) in [5.41, 5.74) is 2.10. The Morgan fingerprint density at radius 3 is 2.42 bits per heavy atom. The van der Waals surface area contributed by atoms with E-state index in [1.807, 2.05) is 16.4 Å². The quantitative estimate of drug-likeness (QED) is 0.278. The summed E-state index contributed by atoms with van der Waals surface area (Å²) in [4.78, 5) is 31.6. The highest BCUT2D eigenvalue weighted by atomic mass is 32.1. The Morgan fingerprint density at radius 1 is 1.08 bits per heavy atom. The van der Waals surface area contributed by atoms with Crippen LogP contribution in [-0.4, -0.2) is 67.9 Å². The SMILES string of the molecule is CCOC(=O)c1cc(-c2csc(C3CCN(C(=O)C(C)=Cc4cc(OC)c(OC)cc4OC)CC3)n2)on1. The third-order valence-electron chi connectivity index (χ3n) is 6.35. The summed E-state index contributed by atoms with van der Waals surface area (Å²) >= 11 is 1.54. The first-order chi connectivity index (χ1) is 18.4. The molecule has 38 heavy (non-hydrogen) atoms. The zero-order chi connectivity index (χ0) is 27.2. The minimum Gasteiger partial charge on any atom is -0.496 e. The molecule has 10 nitrogen and oxygen atoms in total. The Morgan fingerprint density at radius 2 is 1.76 bits per heavy atom. The predicted octanol–water partition coefficient (Wildman–Crippen LogP) is 4.81. The van der Waals surface area contributed by atoms with E-state index in [0.717, 1.165) is 23.4 Å². The highest BCUT2D eigenvalue weighted by Gasteiger charge is 2.27. The second-order valence-electron chi connectivity index (χ2n) is 8.71. The lowest BCUT2D eigenvalue weighted by Gasteiger charge is -2.31. The van der Waals surface area contributed by atoms with Gasteiger partial charge < -0.3 is 28.4 Å². The van der Waals surface area contributed by atoms with Crippen molar-refractivity contribution in [3.05, 3.63) is 45.4 Å². The molecule has 2 aromatic heterocycles. The number of aromatic nitrogens is 2. The van der Waals surface area contributed by atoms with Crippen LogP contribution in [0, 0.1) is 0 Å². The molecule has 3 heterocycles. The van der Waals surface area contributed by atoms with Gasteiger partial charge in [0.1, 0.15) is 11.4 Å². The molecule has 1 aliphatic heterocycles. The highest BCUT2D eigenvalue weighted by Crippen LogP contribution is 2.36. The van der Waals surface area contributed by atoms with E-state index in [1.165, 1.54) is 0 Å². The first-order valence-corrected chi connectivity index (χ1v) is 13.1. The normalized spacial score (nSPS) is 14.3. The van der Waals surface area contributed by atoms with Gasteiger partial charge in [-0.15, -0.1) is 11.3 Å². The number of thiazole rings is 1. The van der Waals surface area contributed by atoms with Crippen LogP contribution in [0.1, 0.15) is 53.7 Å². The van der Waals surface area contributed by atoms with Crippen LogP contribution in [0.3, 0.4) is 0 Å². The van der Waals surface area contributed by atoms with Crippen LogP contribution in [-0.2, 0) is 9.53 Å². The number of methoxy groups -OCH3 is 3. The molecular formula is C27H31N3O7S. The molecule has 1 aliphatic rings. The second-order valence-corrected chi connectivity index (χ2v) is 9.60. The summed E-state index contributed by atoms with van der Waals surface area (Å²) in [7, 11) is 4.71. The Labute approximate surface area is 225 Å². The molecule has 3 aromatic rings. The minimum atomic E-state index is -0.524. The molecule has 1 amide bonds. The van der Waals surface area contributed by atoms with Gasteiger partial charge in [0.2, 0.25) is 5.91 Å². The minimum absolute atomic E-state index is 0.0201. The molecule has 0 aliphatic carbocycles. The van der Waals surface area contributed by atoms with Crippen molar-refractivity contribution < 1.29 is 33.1 Å². The molecule has 0 N–H and O–H groups in total. The van der Waals surface area contributed by atoms with Gasteiger partial charge in [0.15, 0.2) is 23.0 Å². The van der Waals surface area contributed by atoms with Gasteiger partial charge in [-0.05, 0) is 38.8 Å². The summed E-state index contributed by atoms with van der Waals surface area (Å²) < 4.78 is 26.5. The van der Waals surface area contributed by atoms with Crippen LogP contribution in [0.2, 0.25) is 0 Å². The van der Waals surface area contributed by atoms with Gasteiger partial charge in [-0.1, -0.05) is 5.16 Å². The first kappa shape index (κ1) is 27.2. The number of hydrogen-bond acceptors (Lipinski definition) is 10. The summed E-state index contributed by atoms with van der Waals surface area (Å²) in [6, 6.07) is 5.08. The summed E-state index contributed by atoms with van der Waals surface area (Å²) in [6.45, 7) is 5.06. The van der Waals surface area contributed by atoms with Crippen molar-refractivity contribution in [1.29, 1.82) is 0 Å². The van der Waals surface area contributed by atoms with Crippen LogP contribution in [0.15, 0.2) is 33.7 Å². The number of amides is 1. The second kappa shape index (κ2) is 12.1. The van der Waals surface area contributed by atoms with Gasteiger partial charge in [0.05, 0.1) is 32.9 Å². The fourth-order valence-electron chi connectivity index (χ4n) is 4.33. The number of carbonyl (C=O) groups excluding carboxylic acids is 2. The smallest absolute Gasteiger partial charge is 0.360 e. The highest BCUT2D eigenvalue weighted by molar-refractivity contribution is 7.10. The third kappa shape index (κ3) is 5.83. The lowest BCUT2D eigenvalue weighted by molar-refractivity contribution is -0.128. The van der Waals surface area contributed by atoms with Gasteiger partial charge in [0.25, 0.3) is 0 Å². The molecule has 0 saturated carbocycles. The first-order valence-electron chi connectivity index (χ1n) is 12.3. The molecule has 1 aromatic carbocycles. The van der Waals surface area contributed by atoms with Crippen molar-refractivity contribution in [3.63, 3.8) is 0 Å². The Hall–Kier alpha value is -3.86. The van der Waals surface area contributed by atoms with E-state index < -0.39 is 5.97 Å². The number of ether oxygens (including phenoxy) is 4. The van der Waals surface area contributed by atoms with Crippen molar-refractivity contribution >= 4 is 29.3 Å². The van der Waals surface area contributed by atoms with E-state index >= 15 is 0 Å². The zero-order valence-electron chi connectivity index (χ0n) is 22.1. The lowest BCUT2D eigenvalue weighted by Crippen LogP contribution is -2.38. The largest absolute Gasteiger partial charge is 0.496 e. The predicted molar refractivity (Wildman–Crippen MR) is 142 cm³/mol. The Bertz CT molecular complexity index is 1320. The summed E-state index contributed by atoms with van der Waals surface area (Å²) in [6.07, 6.45) is 3.41. The van der Waals surface area contributed by atoms with Crippen molar-refractivity contribution in [2.45, 2.75) is 32.6 Å². The molecule has 1 saturated heterocycles. The molecule has 0 radical (unpaired) electrons. The lowest BCUT2D eigenvalue weighted by atomic mass is 9.97. The van der Waals surface area contributed by atoms with E-state index in [2.05, 4.69) is 5.16 Å². The fraction of sp³-hybridized carbons (Fsp3) is 0.407. The van der Waals surface area contributed by atoms with Crippen LogP contribution >= 0.6 is 11.3 Å². The van der Waals surface area contributed by atoms with Gasteiger partial charge in [-0.25, -0.2) is 9.78 Å². The average Bonchev–Trinajstić information content (AvgIpc) is 3.63. The van der Waals surface area contributed by atoms with E-state index in [-0.39, 0.29) is 24.1 Å². The molecular weight excluding hydrogens is 510 g/mol. The molecule has 0 bridgehead atoms. The Balaban J connectivity index is 1.40. The van der Waals surface area contributed by atoms with Gasteiger partial charge >= 0.3 is 5.97 Å². The molecule has 0 atom stereocenters. The third-order valence-corrected chi connectivity index (χ3v) is 7.35. The van der Waals surface area contributed by atoms with Gasteiger partial charge in [0, 0.05) is 47.7 Å². The van der Waals surface area contributed by atoms with Crippen LogP contribution < -0.4 is 14.2 Å². The van der Waals surface area contributed by atoms with E-state index in [1.54, 1.807) is 64.7 Å². The topological polar surface area (TPSA) is 113 Å². The van der Waals surface area contributed by atoms with Gasteiger partial charge in [-0.2, -0.15) is 0 Å². The molecule has 0 unspecified atom stereocenters. The maximum Gasteiger partial charge on any atom is 0.360 e. The van der Waals surface area contributed by atoms with E-state index in [9.17, 15) is 9.59 Å². The fourth-order valence-corrected chi connectivity index (χ4v) is 5.31. The molecule has 202 valence electrons. The summed E-state index contributed by atoms with van der Waals surface area (Å²) in [5.74, 6) is 1.83. The maximum atomic E-state index is 13.2. The molecule has 1 fully saturated rings. The van der Waals surface area contributed by atoms with Crippen molar-refractivity contribution in [1.82, 2.24) is 15.0 Å². The van der Waals surface area contributed by atoms with Crippen molar-refractivity contribution in [2.24, 2.45) is 0 Å². The number of hydrogen-bond donors (Lipinski definition) is 0. The van der Waals surface area contributed by atoms with Crippen LogP contribution in [0.5, 0.6) is 17.2 Å². The number of likely N-dealkylation sites (tertiary alicyclic amines) is 1.